The van der Waals surface area contributed by atoms with Crippen molar-refractivity contribution in [3.8, 4) is 11.6 Å². The molecule has 3 heterocycles. The normalized spacial score (nSPS) is 15.5. The largest absolute Gasteiger partial charge is 0.486 e. The number of rotatable bonds is 5. The lowest BCUT2D eigenvalue weighted by molar-refractivity contribution is -0.114. The summed E-state index contributed by atoms with van der Waals surface area (Å²) in [4.78, 5) is 21.7. The summed E-state index contributed by atoms with van der Waals surface area (Å²) in [5.41, 5.74) is 2.88. The van der Waals surface area contributed by atoms with Crippen LogP contribution in [0.25, 0.3) is 5.65 Å². The summed E-state index contributed by atoms with van der Waals surface area (Å²) in [6.07, 6.45) is 1.57. The maximum atomic E-state index is 12.6. The summed E-state index contributed by atoms with van der Waals surface area (Å²) in [5, 5.41) is 4.51. The molecule has 0 amide bonds. The van der Waals surface area contributed by atoms with Crippen molar-refractivity contribution < 1.29 is 14.3 Å². The van der Waals surface area contributed by atoms with Gasteiger partial charge < -0.3 is 9.47 Å². The van der Waals surface area contributed by atoms with Crippen LogP contribution in [-0.2, 0) is 11.4 Å². The van der Waals surface area contributed by atoms with Crippen molar-refractivity contribution in [1.29, 1.82) is 0 Å². The number of nitrogens with zero attached hydrogens (tertiary/aromatic N) is 4. The number of hydrogen-bond donors (Lipinski definition) is 0. The molecule has 1 aliphatic heterocycles. The van der Waals surface area contributed by atoms with Crippen LogP contribution in [0.2, 0.25) is 0 Å². The third-order valence-corrected chi connectivity index (χ3v) is 5.26. The molecule has 0 saturated carbocycles. The zero-order valence-electron chi connectivity index (χ0n) is 17.1. The van der Waals surface area contributed by atoms with E-state index in [0.717, 1.165) is 16.9 Å². The zero-order chi connectivity index (χ0) is 21.4. The van der Waals surface area contributed by atoms with Crippen LogP contribution in [0.15, 0.2) is 78.3 Å². The molecular formula is C24H20N4O3. The first kappa shape index (κ1) is 19.0. The molecule has 5 rings (SSSR count). The van der Waals surface area contributed by atoms with Gasteiger partial charge in [0.05, 0.1) is 5.56 Å². The van der Waals surface area contributed by atoms with E-state index in [-0.39, 0.29) is 18.3 Å². The monoisotopic (exact) mass is 412 g/mol. The zero-order valence-corrected chi connectivity index (χ0v) is 17.1. The van der Waals surface area contributed by atoms with Crippen molar-refractivity contribution in [3.05, 3.63) is 95.3 Å². The van der Waals surface area contributed by atoms with Crippen LogP contribution in [-0.4, -0.2) is 25.4 Å². The second-order valence-electron chi connectivity index (χ2n) is 7.33. The molecule has 7 nitrogen and oxygen atoms in total. The first-order valence-electron chi connectivity index (χ1n) is 9.98. The standard InChI is InChI=1S/C24H20N4O3/c1-15(29)20-16(2)31-24-22(21(20)17-9-5-3-6-10-17)23-26-19(27-28(23)14-25-24)13-30-18-11-7-4-8-12-18/h3-12,14,21H,13H2,1-2H3/t21-/m0/s1. The second-order valence-corrected chi connectivity index (χ2v) is 7.33. The quantitative estimate of drug-likeness (QED) is 0.491. The molecule has 0 saturated heterocycles. The Morgan fingerprint density at radius 1 is 1.10 bits per heavy atom. The molecule has 0 aliphatic carbocycles. The highest BCUT2D eigenvalue weighted by Gasteiger charge is 2.35. The number of fused-ring (bicyclic) bond motifs is 3. The van der Waals surface area contributed by atoms with Crippen LogP contribution in [0.5, 0.6) is 11.6 Å². The highest BCUT2D eigenvalue weighted by molar-refractivity contribution is 5.97. The Labute approximate surface area is 179 Å². The van der Waals surface area contributed by atoms with Gasteiger partial charge in [0, 0.05) is 11.5 Å². The lowest BCUT2D eigenvalue weighted by atomic mass is 9.82. The first-order chi connectivity index (χ1) is 15.1. The van der Waals surface area contributed by atoms with Gasteiger partial charge in [0.1, 0.15) is 24.4 Å². The summed E-state index contributed by atoms with van der Waals surface area (Å²) in [5.74, 6) is 1.85. The van der Waals surface area contributed by atoms with Crippen molar-refractivity contribution in [2.45, 2.75) is 26.4 Å². The summed E-state index contributed by atoms with van der Waals surface area (Å²) in [6, 6.07) is 19.4. The van der Waals surface area contributed by atoms with Gasteiger partial charge in [0.15, 0.2) is 17.3 Å². The molecule has 154 valence electrons. The Morgan fingerprint density at radius 2 is 1.81 bits per heavy atom. The van der Waals surface area contributed by atoms with Gasteiger partial charge in [-0.1, -0.05) is 48.5 Å². The lowest BCUT2D eigenvalue weighted by Crippen LogP contribution is -2.22. The van der Waals surface area contributed by atoms with Crippen molar-refractivity contribution >= 4 is 11.4 Å². The van der Waals surface area contributed by atoms with Crippen molar-refractivity contribution in [2.75, 3.05) is 0 Å². The first-order valence-corrected chi connectivity index (χ1v) is 9.98. The van der Waals surface area contributed by atoms with Gasteiger partial charge >= 0.3 is 0 Å². The number of ether oxygens (including phenoxy) is 2. The minimum atomic E-state index is -0.342. The van der Waals surface area contributed by atoms with E-state index in [0.29, 0.717) is 28.7 Å². The van der Waals surface area contributed by atoms with Crippen LogP contribution in [0.1, 0.15) is 36.7 Å². The number of aromatic nitrogens is 4. The predicted molar refractivity (Wildman–Crippen MR) is 114 cm³/mol. The molecule has 0 radical (unpaired) electrons. The Kier molecular flexibility index (Phi) is 4.71. The third-order valence-electron chi connectivity index (χ3n) is 5.26. The Balaban J connectivity index is 1.62. The van der Waals surface area contributed by atoms with Gasteiger partial charge in [-0.2, -0.15) is 0 Å². The molecule has 0 spiro atoms. The number of benzene rings is 2. The highest BCUT2D eigenvalue weighted by atomic mass is 16.5. The van der Waals surface area contributed by atoms with Crippen LogP contribution in [0, 0.1) is 0 Å². The molecule has 7 heteroatoms. The molecule has 0 N–H and O–H groups in total. The molecule has 0 bridgehead atoms. The molecule has 31 heavy (non-hydrogen) atoms. The maximum Gasteiger partial charge on any atom is 0.228 e. The fourth-order valence-electron chi connectivity index (χ4n) is 3.94. The fraction of sp³-hybridized carbons (Fsp3) is 0.167. The Bertz CT molecular complexity index is 1300. The van der Waals surface area contributed by atoms with E-state index in [1.54, 1.807) is 24.7 Å². The van der Waals surface area contributed by atoms with Gasteiger partial charge in [-0.05, 0) is 31.5 Å². The minimum Gasteiger partial charge on any atom is -0.486 e. The number of hydrogen-bond acceptors (Lipinski definition) is 6. The predicted octanol–water partition coefficient (Wildman–Crippen LogP) is 4.09. The van der Waals surface area contributed by atoms with E-state index in [1.165, 1.54) is 0 Å². The van der Waals surface area contributed by atoms with Crippen LogP contribution < -0.4 is 9.47 Å². The summed E-state index contributed by atoms with van der Waals surface area (Å²) >= 11 is 0. The van der Waals surface area contributed by atoms with Crippen molar-refractivity contribution in [1.82, 2.24) is 19.6 Å². The highest BCUT2D eigenvalue weighted by Crippen LogP contribution is 2.43. The Morgan fingerprint density at radius 3 is 2.52 bits per heavy atom. The number of carbonyl (C=O) groups excluding carboxylic acids is 1. The number of para-hydroxylation sites is 1. The topological polar surface area (TPSA) is 78.6 Å². The van der Waals surface area contributed by atoms with E-state index in [1.807, 2.05) is 60.7 Å². The molecule has 2 aromatic carbocycles. The van der Waals surface area contributed by atoms with Crippen LogP contribution in [0.3, 0.4) is 0 Å². The third kappa shape index (κ3) is 3.44. The SMILES string of the molecule is CC(=O)C1=C(C)Oc2ncn3nc(COc4ccccc4)nc3c2[C@H]1c1ccccc1. The van der Waals surface area contributed by atoms with Gasteiger partial charge in [-0.3, -0.25) is 4.79 Å². The number of ketones is 1. The average Bonchev–Trinajstić information content (AvgIpc) is 3.21. The Hall–Kier alpha value is -4.00. The van der Waals surface area contributed by atoms with Gasteiger partial charge in [-0.15, -0.1) is 5.10 Å². The summed E-state index contributed by atoms with van der Waals surface area (Å²) in [7, 11) is 0. The summed E-state index contributed by atoms with van der Waals surface area (Å²) in [6.45, 7) is 3.57. The minimum absolute atomic E-state index is 0.0499. The van der Waals surface area contributed by atoms with Gasteiger partial charge in [0.2, 0.25) is 5.88 Å². The molecule has 1 atom stereocenters. The van der Waals surface area contributed by atoms with E-state index in [2.05, 4.69) is 10.1 Å². The molecule has 0 fully saturated rings. The smallest absolute Gasteiger partial charge is 0.228 e. The van der Waals surface area contributed by atoms with E-state index >= 15 is 0 Å². The van der Waals surface area contributed by atoms with Crippen molar-refractivity contribution in [3.63, 3.8) is 0 Å². The van der Waals surface area contributed by atoms with E-state index in [4.69, 9.17) is 14.5 Å². The maximum absolute atomic E-state index is 12.6. The van der Waals surface area contributed by atoms with E-state index in [9.17, 15) is 4.79 Å². The molecule has 2 aromatic heterocycles. The summed E-state index contributed by atoms with van der Waals surface area (Å²) < 4.78 is 13.4. The van der Waals surface area contributed by atoms with Crippen LogP contribution >= 0.6 is 0 Å². The van der Waals surface area contributed by atoms with Gasteiger partial charge in [0.25, 0.3) is 0 Å². The fourth-order valence-corrected chi connectivity index (χ4v) is 3.94. The van der Waals surface area contributed by atoms with Gasteiger partial charge in [-0.25, -0.2) is 14.5 Å². The lowest BCUT2D eigenvalue weighted by Gasteiger charge is -2.28. The van der Waals surface area contributed by atoms with Crippen LogP contribution in [0.4, 0.5) is 0 Å². The number of Topliss-reactive ketones (excluding diaryl/α,β-unsaturated/α-hetero) is 1. The van der Waals surface area contributed by atoms with E-state index < -0.39 is 0 Å². The molecule has 0 unspecified atom stereocenters. The second kappa shape index (κ2) is 7.68. The molecule has 1 aliphatic rings. The molecular weight excluding hydrogens is 392 g/mol. The number of carbonyl (C=O) groups is 1. The number of allylic oxidation sites excluding steroid dienone is 2. The average molecular weight is 412 g/mol. The molecule has 4 aromatic rings. The van der Waals surface area contributed by atoms with Crippen molar-refractivity contribution in [2.24, 2.45) is 0 Å².